The zero-order valence-electron chi connectivity index (χ0n) is 15.4. The van der Waals surface area contributed by atoms with Crippen molar-refractivity contribution in [2.24, 2.45) is 0 Å². The summed E-state index contributed by atoms with van der Waals surface area (Å²) >= 11 is 1.59. The summed E-state index contributed by atoms with van der Waals surface area (Å²) in [6.07, 6.45) is 3.60. The Morgan fingerprint density at radius 2 is 1.85 bits per heavy atom. The largest absolute Gasteiger partial charge is 0.347 e. The zero-order chi connectivity index (χ0) is 19.3. The SMILES string of the molecule is CSCCC(NS(=O)(=O)c1ccccc1)C(=O)N1CCC2(CC1)OCCO2. The second kappa shape index (κ2) is 8.91. The van der Waals surface area contributed by atoms with Gasteiger partial charge in [0.05, 0.1) is 18.1 Å². The molecule has 0 aromatic heterocycles. The molecule has 7 nitrogen and oxygen atoms in total. The van der Waals surface area contributed by atoms with Crippen molar-refractivity contribution in [3.05, 3.63) is 30.3 Å². The van der Waals surface area contributed by atoms with Crippen molar-refractivity contribution >= 4 is 27.7 Å². The number of hydrogen-bond donors (Lipinski definition) is 1. The van der Waals surface area contributed by atoms with Crippen molar-refractivity contribution in [3.63, 3.8) is 0 Å². The van der Waals surface area contributed by atoms with Crippen molar-refractivity contribution in [2.45, 2.75) is 36.0 Å². The number of sulfonamides is 1. The lowest BCUT2D eigenvalue weighted by molar-refractivity contribution is -0.187. The molecule has 0 bridgehead atoms. The van der Waals surface area contributed by atoms with Crippen LogP contribution in [0.5, 0.6) is 0 Å². The van der Waals surface area contributed by atoms with Gasteiger partial charge >= 0.3 is 0 Å². The average molecular weight is 415 g/mol. The minimum absolute atomic E-state index is 0.164. The predicted molar refractivity (Wildman–Crippen MR) is 104 cm³/mol. The molecule has 0 radical (unpaired) electrons. The molecule has 2 saturated heterocycles. The fourth-order valence-corrected chi connectivity index (χ4v) is 5.11. The molecule has 1 amide bonds. The van der Waals surface area contributed by atoms with E-state index in [4.69, 9.17) is 9.47 Å². The van der Waals surface area contributed by atoms with Gasteiger partial charge in [0, 0.05) is 25.9 Å². The number of carbonyl (C=O) groups excluding carboxylic acids is 1. The first-order valence-corrected chi connectivity index (χ1v) is 12.0. The summed E-state index contributed by atoms with van der Waals surface area (Å²) in [7, 11) is -3.75. The molecule has 1 aromatic rings. The summed E-state index contributed by atoms with van der Waals surface area (Å²) in [5.74, 6) is -0.0521. The lowest BCUT2D eigenvalue weighted by atomic mass is 10.0. The van der Waals surface area contributed by atoms with Crippen molar-refractivity contribution in [1.29, 1.82) is 0 Å². The highest BCUT2D eigenvalue weighted by Crippen LogP contribution is 2.31. The monoisotopic (exact) mass is 414 g/mol. The lowest BCUT2D eigenvalue weighted by Gasteiger charge is -2.38. The molecule has 1 aromatic carbocycles. The maximum absolute atomic E-state index is 13.0. The van der Waals surface area contributed by atoms with E-state index in [0.29, 0.717) is 51.3 Å². The Morgan fingerprint density at radius 3 is 2.44 bits per heavy atom. The summed E-state index contributed by atoms with van der Waals surface area (Å²) in [6, 6.07) is 7.36. The van der Waals surface area contributed by atoms with Crippen LogP contribution in [0.2, 0.25) is 0 Å². The highest BCUT2D eigenvalue weighted by atomic mass is 32.2. The van der Waals surface area contributed by atoms with E-state index in [9.17, 15) is 13.2 Å². The van der Waals surface area contributed by atoms with Gasteiger partial charge in [0.15, 0.2) is 5.79 Å². The first kappa shape index (κ1) is 20.6. The maximum atomic E-state index is 13.0. The highest BCUT2D eigenvalue weighted by Gasteiger charge is 2.42. The maximum Gasteiger partial charge on any atom is 0.241 e. The molecule has 1 N–H and O–H groups in total. The average Bonchev–Trinajstić information content (AvgIpc) is 3.14. The van der Waals surface area contributed by atoms with Crippen LogP contribution < -0.4 is 4.72 Å². The molecule has 1 unspecified atom stereocenters. The van der Waals surface area contributed by atoms with E-state index in [0.717, 1.165) is 0 Å². The molecular weight excluding hydrogens is 388 g/mol. The van der Waals surface area contributed by atoms with Gasteiger partial charge in [-0.15, -0.1) is 0 Å². The molecule has 1 atom stereocenters. The van der Waals surface area contributed by atoms with Crippen LogP contribution >= 0.6 is 11.8 Å². The minimum Gasteiger partial charge on any atom is -0.347 e. The van der Waals surface area contributed by atoms with Gasteiger partial charge in [0.25, 0.3) is 0 Å². The molecule has 2 aliphatic rings. The van der Waals surface area contributed by atoms with Gasteiger partial charge in [0.2, 0.25) is 15.9 Å². The number of likely N-dealkylation sites (tertiary alicyclic amines) is 1. The fourth-order valence-electron chi connectivity index (χ4n) is 3.40. The van der Waals surface area contributed by atoms with Gasteiger partial charge in [-0.05, 0) is 30.6 Å². The minimum atomic E-state index is -3.75. The second-order valence-corrected chi connectivity index (χ2v) is 9.40. The molecule has 1 spiro atoms. The smallest absolute Gasteiger partial charge is 0.241 e. The predicted octanol–water partition coefficient (Wildman–Crippen LogP) is 1.45. The zero-order valence-corrected chi connectivity index (χ0v) is 17.1. The number of benzene rings is 1. The third-order valence-electron chi connectivity index (χ3n) is 4.91. The van der Waals surface area contributed by atoms with Crippen LogP contribution in [0, 0.1) is 0 Å². The summed E-state index contributed by atoms with van der Waals surface area (Å²) < 4.78 is 39.3. The van der Waals surface area contributed by atoms with Gasteiger partial charge in [-0.3, -0.25) is 4.79 Å². The Bertz CT molecular complexity index is 725. The van der Waals surface area contributed by atoms with Crippen LogP contribution in [-0.2, 0) is 24.3 Å². The molecule has 0 aliphatic carbocycles. The van der Waals surface area contributed by atoms with Crippen LogP contribution in [0.3, 0.4) is 0 Å². The van der Waals surface area contributed by atoms with E-state index in [2.05, 4.69) is 4.72 Å². The van der Waals surface area contributed by atoms with Gasteiger partial charge in [-0.2, -0.15) is 16.5 Å². The first-order chi connectivity index (χ1) is 13.0. The van der Waals surface area contributed by atoms with Crippen LogP contribution in [0.4, 0.5) is 0 Å². The number of nitrogens with one attached hydrogen (secondary N) is 1. The van der Waals surface area contributed by atoms with Gasteiger partial charge in [-0.25, -0.2) is 8.42 Å². The van der Waals surface area contributed by atoms with E-state index < -0.39 is 21.9 Å². The van der Waals surface area contributed by atoms with Crippen molar-refractivity contribution < 1.29 is 22.7 Å². The normalized spacial score (nSPS) is 20.7. The standard InChI is InChI=1S/C18H26N2O5S2/c1-26-14-7-16(19-27(22,23)15-5-3-2-4-6-15)17(21)20-10-8-18(9-11-20)24-12-13-25-18/h2-6,16,19H,7-14H2,1H3. The third-order valence-corrected chi connectivity index (χ3v) is 7.04. The highest BCUT2D eigenvalue weighted by molar-refractivity contribution is 7.98. The summed E-state index contributed by atoms with van der Waals surface area (Å²) in [6.45, 7) is 2.17. The van der Waals surface area contributed by atoms with E-state index in [-0.39, 0.29) is 10.8 Å². The van der Waals surface area contributed by atoms with Crippen molar-refractivity contribution in [2.75, 3.05) is 38.3 Å². The number of ether oxygens (including phenoxy) is 2. The fraction of sp³-hybridized carbons (Fsp3) is 0.611. The molecule has 150 valence electrons. The summed E-state index contributed by atoms with van der Waals surface area (Å²) in [5, 5.41) is 0. The Hall–Kier alpha value is -1.13. The number of nitrogens with zero attached hydrogens (tertiary/aromatic N) is 1. The summed E-state index contributed by atoms with van der Waals surface area (Å²) in [5.41, 5.74) is 0. The van der Waals surface area contributed by atoms with E-state index in [1.165, 1.54) is 12.1 Å². The van der Waals surface area contributed by atoms with E-state index >= 15 is 0 Å². The van der Waals surface area contributed by atoms with Gasteiger partial charge < -0.3 is 14.4 Å². The molecule has 2 fully saturated rings. The Kier molecular flexibility index (Phi) is 6.80. The number of rotatable bonds is 7. The molecular formula is C18H26N2O5S2. The quantitative estimate of drug-likeness (QED) is 0.727. The Morgan fingerprint density at radius 1 is 1.22 bits per heavy atom. The number of amides is 1. The van der Waals surface area contributed by atoms with Crippen molar-refractivity contribution in [3.8, 4) is 0 Å². The van der Waals surface area contributed by atoms with E-state index in [1.807, 2.05) is 6.26 Å². The number of hydrogen-bond acceptors (Lipinski definition) is 6. The molecule has 9 heteroatoms. The molecule has 2 heterocycles. The topological polar surface area (TPSA) is 84.9 Å². The molecule has 3 rings (SSSR count). The molecule has 0 saturated carbocycles. The number of piperidine rings is 1. The van der Waals surface area contributed by atoms with Crippen LogP contribution in [0.25, 0.3) is 0 Å². The van der Waals surface area contributed by atoms with E-state index in [1.54, 1.807) is 34.9 Å². The Balaban J connectivity index is 1.68. The van der Waals surface area contributed by atoms with Crippen LogP contribution in [-0.4, -0.2) is 69.4 Å². The lowest BCUT2D eigenvalue weighted by Crippen LogP contribution is -2.53. The third kappa shape index (κ3) is 5.03. The Labute approximate surface area is 164 Å². The number of thioether (sulfide) groups is 1. The van der Waals surface area contributed by atoms with Gasteiger partial charge in [-0.1, -0.05) is 18.2 Å². The first-order valence-electron chi connectivity index (χ1n) is 9.09. The van der Waals surface area contributed by atoms with Crippen LogP contribution in [0.1, 0.15) is 19.3 Å². The van der Waals surface area contributed by atoms with Crippen molar-refractivity contribution in [1.82, 2.24) is 9.62 Å². The number of carbonyl (C=O) groups is 1. The second-order valence-electron chi connectivity index (χ2n) is 6.70. The van der Waals surface area contributed by atoms with Gasteiger partial charge in [0.1, 0.15) is 6.04 Å². The summed E-state index contributed by atoms with van der Waals surface area (Å²) in [4.78, 5) is 14.9. The van der Waals surface area contributed by atoms with Crippen LogP contribution in [0.15, 0.2) is 35.2 Å². The molecule has 2 aliphatic heterocycles. The molecule has 27 heavy (non-hydrogen) atoms.